The standard InChI is InChI=1S/C17H17N3O4S/c1-11-3-2-4-14(5-11)19-17(18)25-9-13-7-15(20(21)22)6-12-8-23-10-24-16(12)13/h2-7H,8-10H2,1H3,(H2,18,19). The molecule has 2 aromatic carbocycles. The highest BCUT2D eigenvalue weighted by atomic mass is 32.2. The van der Waals surface area contributed by atoms with Crippen LogP contribution in [0.15, 0.2) is 41.4 Å². The molecule has 25 heavy (non-hydrogen) atoms. The van der Waals surface area contributed by atoms with E-state index in [9.17, 15) is 10.1 Å². The number of hydrogen-bond acceptors (Lipinski definition) is 6. The third kappa shape index (κ3) is 4.28. The molecule has 0 aromatic heterocycles. The zero-order valence-electron chi connectivity index (χ0n) is 13.6. The zero-order valence-corrected chi connectivity index (χ0v) is 14.4. The Balaban J connectivity index is 1.80. The largest absolute Gasteiger partial charge is 0.467 e. The topological polar surface area (TPSA) is 100.0 Å². The summed E-state index contributed by atoms with van der Waals surface area (Å²) in [6.45, 7) is 2.41. The van der Waals surface area contributed by atoms with Gasteiger partial charge in [-0.25, -0.2) is 4.99 Å². The summed E-state index contributed by atoms with van der Waals surface area (Å²) in [4.78, 5) is 15.1. The van der Waals surface area contributed by atoms with Crippen LogP contribution >= 0.6 is 11.8 Å². The summed E-state index contributed by atoms with van der Waals surface area (Å²) in [5.41, 5.74) is 9.25. The fraction of sp³-hybridized carbons (Fsp3) is 0.235. The van der Waals surface area contributed by atoms with E-state index in [-0.39, 0.29) is 12.5 Å². The molecule has 1 aliphatic rings. The third-order valence-electron chi connectivity index (χ3n) is 3.60. The van der Waals surface area contributed by atoms with Gasteiger partial charge in [0.25, 0.3) is 5.69 Å². The van der Waals surface area contributed by atoms with Crippen molar-refractivity contribution >= 4 is 28.3 Å². The van der Waals surface area contributed by atoms with Crippen LogP contribution < -0.4 is 10.5 Å². The number of nitro groups is 1. The van der Waals surface area contributed by atoms with E-state index in [1.165, 1.54) is 23.9 Å². The molecule has 0 spiro atoms. The van der Waals surface area contributed by atoms with E-state index < -0.39 is 4.92 Å². The molecule has 0 unspecified atom stereocenters. The Labute approximate surface area is 149 Å². The van der Waals surface area contributed by atoms with Gasteiger partial charge in [-0.1, -0.05) is 23.9 Å². The zero-order chi connectivity index (χ0) is 17.8. The van der Waals surface area contributed by atoms with Crippen molar-refractivity contribution in [3.8, 4) is 5.75 Å². The lowest BCUT2D eigenvalue weighted by Gasteiger charge is -2.20. The minimum absolute atomic E-state index is 0.0117. The highest BCUT2D eigenvalue weighted by molar-refractivity contribution is 8.13. The molecular weight excluding hydrogens is 342 g/mol. The van der Waals surface area contributed by atoms with E-state index >= 15 is 0 Å². The highest BCUT2D eigenvalue weighted by Crippen LogP contribution is 2.34. The summed E-state index contributed by atoms with van der Waals surface area (Å²) in [5.74, 6) is 1.05. The van der Waals surface area contributed by atoms with Crippen LogP contribution in [0.1, 0.15) is 16.7 Å². The Bertz CT molecular complexity index is 839. The second-order valence-electron chi connectivity index (χ2n) is 5.54. The first-order valence-corrected chi connectivity index (χ1v) is 8.56. The number of nitrogens with zero attached hydrogens (tertiary/aromatic N) is 2. The third-order valence-corrected chi connectivity index (χ3v) is 4.44. The number of nitro benzene ring substituents is 1. The van der Waals surface area contributed by atoms with Crippen molar-refractivity contribution in [1.29, 1.82) is 0 Å². The quantitative estimate of drug-likeness (QED) is 0.387. The average Bonchev–Trinajstić information content (AvgIpc) is 2.59. The van der Waals surface area contributed by atoms with Gasteiger partial charge in [0.2, 0.25) is 0 Å². The first-order valence-electron chi connectivity index (χ1n) is 7.57. The van der Waals surface area contributed by atoms with Crippen LogP contribution in [0.2, 0.25) is 0 Å². The number of amidine groups is 1. The van der Waals surface area contributed by atoms with E-state index in [1.54, 1.807) is 0 Å². The van der Waals surface area contributed by atoms with Gasteiger partial charge in [0, 0.05) is 29.0 Å². The van der Waals surface area contributed by atoms with Gasteiger partial charge in [0.1, 0.15) is 5.75 Å². The summed E-state index contributed by atoms with van der Waals surface area (Å²) in [6.07, 6.45) is 0. The van der Waals surface area contributed by atoms with Gasteiger partial charge >= 0.3 is 0 Å². The lowest BCUT2D eigenvalue weighted by Crippen LogP contribution is -2.14. The van der Waals surface area contributed by atoms with Gasteiger partial charge in [-0.3, -0.25) is 10.1 Å². The average molecular weight is 359 g/mol. The molecule has 7 nitrogen and oxygen atoms in total. The summed E-state index contributed by atoms with van der Waals surface area (Å²) in [7, 11) is 0. The number of fused-ring (bicyclic) bond motifs is 1. The molecule has 2 N–H and O–H groups in total. The Kier molecular flexibility index (Phi) is 5.20. The maximum absolute atomic E-state index is 11.1. The number of benzene rings is 2. The Morgan fingerprint density at radius 1 is 1.40 bits per heavy atom. The normalized spacial score (nSPS) is 13.9. The van der Waals surface area contributed by atoms with Gasteiger partial charge in [-0.05, 0) is 24.6 Å². The van der Waals surface area contributed by atoms with Gasteiger partial charge in [0.05, 0.1) is 17.2 Å². The maximum atomic E-state index is 11.1. The van der Waals surface area contributed by atoms with E-state index in [0.29, 0.717) is 34.4 Å². The molecule has 3 rings (SSSR count). The number of non-ortho nitro benzene ring substituents is 1. The smallest absolute Gasteiger partial charge is 0.270 e. The van der Waals surface area contributed by atoms with Crippen LogP contribution in [0.5, 0.6) is 5.75 Å². The number of aliphatic imine (C=N–C) groups is 1. The summed E-state index contributed by atoms with van der Waals surface area (Å²) in [6, 6.07) is 10.7. The molecule has 0 aliphatic carbocycles. The highest BCUT2D eigenvalue weighted by Gasteiger charge is 2.21. The number of rotatable bonds is 4. The second-order valence-corrected chi connectivity index (χ2v) is 6.53. The fourth-order valence-corrected chi connectivity index (χ4v) is 3.19. The molecule has 1 aliphatic heterocycles. The van der Waals surface area contributed by atoms with Gasteiger partial charge in [-0.2, -0.15) is 0 Å². The lowest BCUT2D eigenvalue weighted by atomic mass is 10.1. The summed E-state index contributed by atoms with van der Waals surface area (Å²) in [5, 5.41) is 11.5. The number of hydrogen-bond donors (Lipinski definition) is 1. The van der Waals surface area contributed by atoms with Crippen LogP contribution in [-0.2, 0) is 17.1 Å². The summed E-state index contributed by atoms with van der Waals surface area (Å²) < 4.78 is 10.7. The SMILES string of the molecule is Cc1cccc(N=C(N)SCc2cc([N+](=O)[O-])cc3c2OCOC3)c1. The molecule has 130 valence electrons. The monoisotopic (exact) mass is 359 g/mol. The van der Waals surface area contributed by atoms with Crippen molar-refractivity contribution in [2.24, 2.45) is 10.7 Å². The molecule has 0 atom stereocenters. The molecule has 8 heteroatoms. The van der Waals surface area contributed by atoms with Crippen LogP contribution in [0.3, 0.4) is 0 Å². The molecule has 0 amide bonds. The first-order chi connectivity index (χ1) is 12.0. The molecule has 0 fully saturated rings. The molecule has 2 aromatic rings. The van der Waals surface area contributed by atoms with Gasteiger partial charge in [-0.15, -0.1) is 0 Å². The minimum Gasteiger partial charge on any atom is -0.467 e. The number of nitrogens with two attached hydrogens (primary N) is 1. The predicted molar refractivity (Wildman–Crippen MR) is 97.1 cm³/mol. The van der Waals surface area contributed by atoms with E-state index in [0.717, 1.165) is 11.3 Å². The number of thioether (sulfide) groups is 1. The van der Waals surface area contributed by atoms with Crippen LogP contribution in [0.25, 0.3) is 0 Å². The van der Waals surface area contributed by atoms with E-state index in [1.807, 2.05) is 31.2 Å². The summed E-state index contributed by atoms with van der Waals surface area (Å²) >= 11 is 1.31. The van der Waals surface area contributed by atoms with E-state index in [2.05, 4.69) is 4.99 Å². The van der Waals surface area contributed by atoms with Crippen molar-refractivity contribution in [1.82, 2.24) is 0 Å². The van der Waals surface area contributed by atoms with Crippen molar-refractivity contribution in [2.75, 3.05) is 6.79 Å². The first kappa shape index (κ1) is 17.2. The van der Waals surface area contributed by atoms with Crippen LogP contribution in [0.4, 0.5) is 11.4 Å². The van der Waals surface area contributed by atoms with Crippen molar-refractivity contribution in [2.45, 2.75) is 19.3 Å². The van der Waals surface area contributed by atoms with Crippen molar-refractivity contribution < 1.29 is 14.4 Å². The second kappa shape index (κ2) is 7.54. The Morgan fingerprint density at radius 2 is 2.24 bits per heavy atom. The van der Waals surface area contributed by atoms with Crippen molar-refractivity contribution in [3.63, 3.8) is 0 Å². The minimum atomic E-state index is -0.423. The molecule has 1 heterocycles. The lowest BCUT2D eigenvalue weighted by molar-refractivity contribution is -0.385. The van der Waals surface area contributed by atoms with E-state index in [4.69, 9.17) is 15.2 Å². The molecule has 0 saturated carbocycles. The maximum Gasteiger partial charge on any atom is 0.270 e. The van der Waals surface area contributed by atoms with Crippen molar-refractivity contribution in [3.05, 3.63) is 63.2 Å². The Hall–Kier alpha value is -2.58. The molecule has 0 radical (unpaired) electrons. The van der Waals surface area contributed by atoms with Crippen LogP contribution in [0, 0.1) is 17.0 Å². The number of ether oxygens (including phenoxy) is 2. The molecule has 0 saturated heterocycles. The fourth-order valence-electron chi connectivity index (χ4n) is 2.50. The van der Waals surface area contributed by atoms with Gasteiger partial charge in [0.15, 0.2) is 12.0 Å². The molecule has 0 bridgehead atoms. The predicted octanol–water partition coefficient (Wildman–Crippen LogP) is 3.65. The van der Waals surface area contributed by atoms with Gasteiger partial charge < -0.3 is 15.2 Å². The van der Waals surface area contributed by atoms with Crippen LogP contribution in [-0.4, -0.2) is 16.9 Å². The Morgan fingerprint density at radius 3 is 3.00 bits per heavy atom. The molecular formula is C17H17N3O4S. The number of aryl methyl sites for hydroxylation is 1.